The van der Waals surface area contributed by atoms with Crippen molar-refractivity contribution in [1.29, 1.82) is 0 Å². The topological polar surface area (TPSA) is 43.4 Å². The van der Waals surface area contributed by atoms with Crippen molar-refractivity contribution in [2.75, 3.05) is 5.32 Å². The smallest absolute Gasteiger partial charge is 0.387 e. The Morgan fingerprint density at radius 1 is 1.39 bits per heavy atom. The average Bonchev–Trinajstić information content (AvgIpc) is 2.93. The Labute approximate surface area is 103 Å². The van der Waals surface area contributed by atoms with Crippen molar-refractivity contribution in [3.8, 4) is 5.75 Å². The van der Waals surface area contributed by atoms with Crippen LogP contribution in [0, 0.1) is 0 Å². The Hall–Kier alpha value is -1.43. The van der Waals surface area contributed by atoms with Crippen molar-refractivity contribution in [1.82, 2.24) is 4.98 Å². The molecule has 0 spiro atoms. The number of nitrogens with one attached hydrogen (secondary N) is 1. The molecule has 1 aromatic rings. The van der Waals surface area contributed by atoms with Crippen molar-refractivity contribution in [2.24, 2.45) is 0 Å². The molecule has 0 radical (unpaired) electrons. The minimum absolute atomic E-state index is 0.0692. The van der Waals surface area contributed by atoms with Crippen LogP contribution in [-0.4, -0.2) is 29.8 Å². The predicted molar refractivity (Wildman–Crippen MR) is 60.8 cm³/mol. The van der Waals surface area contributed by atoms with Crippen LogP contribution in [0.2, 0.25) is 0 Å². The van der Waals surface area contributed by atoms with Gasteiger partial charge in [0.1, 0.15) is 11.6 Å². The standard InChI is InChI=1S/C12H14F2N2O2/c13-12(14)18-8-2-4-11(15-6-8)16-9-5-7-1-3-10(9)17-7/h2,4,6-7,9-10,12H,1,3,5H2,(H,15,16). The van der Waals surface area contributed by atoms with Gasteiger partial charge in [0.25, 0.3) is 0 Å². The summed E-state index contributed by atoms with van der Waals surface area (Å²) in [6, 6.07) is 3.40. The average molecular weight is 256 g/mol. The van der Waals surface area contributed by atoms with Crippen LogP contribution >= 0.6 is 0 Å². The summed E-state index contributed by atoms with van der Waals surface area (Å²) in [5.41, 5.74) is 0. The normalized spacial score (nSPS) is 29.8. The van der Waals surface area contributed by atoms with Crippen LogP contribution in [0.3, 0.4) is 0 Å². The zero-order valence-corrected chi connectivity index (χ0v) is 9.68. The molecule has 0 amide bonds. The van der Waals surface area contributed by atoms with Gasteiger partial charge in [-0.15, -0.1) is 0 Å². The molecule has 18 heavy (non-hydrogen) atoms. The van der Waals surface area contributed by atoms with Crippen molar-refractivity contribution in [2.45, 2.75) is 44.1 Å². The number of aromatic nitrogens is 1. The lowest BCUT2D eigenvalue weighted by Gasteiger charge is -2.20. The maximum absolute atomic E-state index is 12.0. The van der Waals surface area contributed by atoms with E-state index in [1.807, 2.05) is 0 Å². The van der Waals surface area contributed by atoms with Crippen LogP contribution in [0.15, 0.2) is 18.3 Å². The number of nitrogens with zero attached hydrogens (tertiary/aromatic N) is 1. The highest BCUT2D eigenvalue weighted by atomic mass is 19.3. The highest BCUT2D eigenvalue weighted by molar-refractivity contribution is 5.39. The van der Waals surface area contributed by atoms with Gasteiger partial charge in [-0.05, 0) is 31.4 Å². The lowest BCUT2D eigenvalue weighted by atomic mass is 9.95. The maximum Gasteiger partial charge on any atom is 0.387 e. The van der Waals surface area contributed by atoms with E-state index in [1.54, 1.807) is 6.07 Å². The minimum Gasteiger partial charge on any atom is -0.433 e. The Kier molecular flexibility index (Phi) is 3.03. The largest absolute Gasteiger partial charge is 0.433 e. The molecule has 0 aromatic carbocycles. The molecule has 2 saturated heterocycles. The first-order valence-electron chi connectivity index (χ1n) is 6.03. The predicted octanol–water partition coefficient (Wildman–Crippen LogP) is 2.41. The van der Waals surface area contributed by atoms with Crippen LogP contribution in [0.5, 0.6) is 5.75 Å². The molecule has 2 aliphatic rings. The number of fused-ring (bicyclic) bond motifs is 2. The van der Waals surface area contributed by atoms with Crippen molar-refractivity contribution < 1.29 is 18.3 Å². The summed E-state index contributed by atoms with van der Waals surface area (Å²) in [4.78, 5) is 4.05. The van der Waals surface area contributed by atoms with Crippen molar-refractivity contribution >= 4 is 5.82 Å². The molecule has 3 atom stereocenters. The Morgan fingerprint density at radius 2 is 2.28 bits per heavy atom. The van der Waals surface area contributed by atoms with Crippen molar-refractivity contribution in [3.05, 3.63) is 18.3 Å². The van der Waals surface area contributed by atoms with Crippen LogP contribution < -0.4 is 10.1 Å². The molecule has 4 nitrogen and oxygen atoms in total. The van der Waals surface area contributed by atoms with E-state index in [-0.39, 0.29) is 17.9 Å². The molecule has 3 heterocycles. The molecular formula is C12H14F2N2O2. The zero-order valence-electron chi connectivity index (χ0n) is 9.68. The second-order valence-electron chi connectivity index (χ2n) is 4.62. The van der Waals surface area contributed by atoms with Gasteiger partial charge in [-0.1, -0.05) is 0 Å². The molecule has 3 unspecified atom stereocenters. The lowest BCUT2D eigenvalue weighted by molar-refractivity contribution is -0.0500. The summed E-state index contributed by atoms with van der Waals surface area (Å²) in [5, 5.41) is 3.27. The lowest BCUT2D eigenvalue weighted by Crippen LogP contribution is -2.30. The van der Waals surface area contributed by atoms with Gasteiger partial charge < -0.3 is 14.8 Å². The third-order valence-corrected chi connectivity index (χ3v) is 3.40. The molecule has 2 fully saturated rings. The van der Waals surface area contributed by atoms with Gasteiger partial charge in [0, 0.05) is 0 Å². The van der Waals surface area contributed by atoms with Gasteiger partial charge in [-0.3, -0.25) is 0 Å². The van der Waals surface area contributed by atoms with E-state index in [2.05, 4.69) is 15.0 Å². The number of pyridine rings is 1. The molecule has 6 heteroatoms. The number of hydrogen-bond acceptors (Lipinski definition) is 4. The van der Waals surface area contributed by atoms with E-state index in [9.17, 15) is 8.78 Å². The first-order valence-corrected chi connectivity index (χ1v) is 6.03. The van der Waals surface area contributed by atoms with Crippen LogP contribution in [0.1, 0.15) is 19.3 Å². The molecule has 2 aliphatic heterocycles. The number of ether oxygens (including phenoxy) is 2. The van der Waals surface area contributed by atoms with E-state index in [1.165, 1.54) is 12.3 Å². The summed E-state index contributed by atoms with van der Waals surface area (Å²) in [6.07, 6.45) is 5.12. The zero-order chi connectivity index (χ0) is 12.5. The number of rotatable bonds is 4. The van der Waals surface area contributed by atoms with Gasteiger partial charge in [-0.25, -0.2) is 4.98 Å². The Morgan fingerprint density at radius 3 is 2.83 bits per heavy atom. The van der Waals surface area contributed by atoms with E-state index >= 15 is 0 Å². The first-order chi connectivity index (χ1) is 8.70. The van der Waals surface area contributed by atoms with E-state index in [0.29, 0.717) is 11.9 Å². The summed E-state index contributed by atoms with van der Waals surface area (Å²) in [6.45, 7) is -2.82. The van der Waals surface area contributed by atoms with Crippen LogP contribution in [0.4, 0.5) is 14.6 Å². The van der Waals surface area contributed by atoms with Gasteiger partial charge in [0.2, 0.25) is 0 Å². The van der Waals surface area contributed by atoms with Gasteiger partial charge in [0.15, 0.2) is 0 Å². The monoisotopic (exact) mass is 256 g/mol. The second kappa shape index (κ2) is 4.68. The second-order valence-corrected chi connectivity index (χ2v) is 4.62. The summed E-state index contributed by atoms with van der Waals surface area (Å²) >= 11 is 0. The van der Waals surface area contributed by atoms with E-state index < -0.39 is 6.61 Å². The quantitative estimate of drug-likeness (QED) is 0.898. The Bertz CT molecular complexity index is 413. The fraction of sp³-hybridized carbons (Fsp3) is 0.583. The van der Waals surface area contributed by atoms with Gasteiger partial charge >= 0.3 is 6.61 Å². The molecule has 98 valence electrons. The highest BCUT2D eigenvalue weighted by Crippen LogP contribution is 2.35. The van der Waals surface area contributed by atoms with Gasteiger partial charge in [-0.2, -0.15) is 8.78 Å². The summed E-state index contributed by atoms with van der Waals surface area (Å²) in [7, 11) is 0. The fourth-order valence-corrected chi connectivity index (χ4v) is 2.62. The highest BCUT2D eigenvalue weighted by Gasteiger charge is 2.40. The number of halogens is 2. The molecule has 1 aromatic heterocycles. The minimum atomic E-state index is -2.82. The van der Waals surface area contributed by atoms with Crippen LogP contribution in [0.25, 0.3) is 0 Å². The van der Waals surface area contributed by atoms with Crippen LogP contribution in [-0.2, 0) is 4.74 Å². The third kappa shape index (κ3) is 2.38. The maximum atomic E-state index is 12.0. The summed E-state index contributed by atoms with van der Waals surface area (Å²) < 4.78 is 33.9. The molecule has 2 bridgehead atoms. The molecular weight excluding hydrogens is 242 g/mol. The summed E-state index contributed by atoms with van der Waals surface area (Å²) in [5.74, 6) is 0.734. The molecule has 0 saturated carbocycles. The number of anilines is 1. The number of hydrogen-bond donors (Lipinski definition) is 1. The third-order valence-electron chi connectivity index (χ3n) is 3.40. The fourth-order valence-electron chi connectivity index (χ4n) is 2.62. The number of alkyl halides is 2. The molecule has 0 aliphatic carbocycles. The molecule has 3 rings (SSSR count). The Balaban J connectivity index is 1.60. The van der Waals surface area contributed by atoms with Gasteiger partial charge in [0.05, 0.1) is 24.4 Å². The first kappa shape index (κ1) is 11.6. The SMILES string of the molecule is FC(F)Oc1ccc(NC2CC3CCC2O3)nc1. The van der Waals surface area contributed by atoms with Crippen molar-refractivity contribution in [3.63, 3.8) is 0 Å². The van der Waals surface area contributed by atoms with E-state index in [0.717, 1.165) is 19.3 Å². The molecule has 1 N–H and O–H groups in total. The van der Waals surface area contributed by atoms with E-state index in [4.69, 9.17) is 4.74 Å².